The number of carbonyl (C=O) groups excluding carboxylic acids is 2. The van der Waals surface area contributed by atoms with Gasteiger partial charge in [-0.05, 0) is 42.7 Å². The lowest BCUT2D eigenvalue weighted by Gasteiger charge is -2.39. The van der Waals surface area contributed by atoms with Crippen molar-refractivity contribution >= 4 is 23.2 Å². The molecule has 2 N–H and O–H groups in total. The molecule has 0 radical (unpaired) electrons. The minimum atomic E-state index is -0.275. The first kappa shape index (κ1) is 17.5. The first-order valence-corrected chi connectivity index (χ1v) is 9.27. The smallest absolute Gasteiger partial charge is 0.257 e. The van der Waals surface area contributed by atoms with E-state index in [2.05, 4.69) is 10.6 Å². The third kappa shape index (κ3) is 3.66. The van der Waals surface area contributed by atoms with Crippen LogP contribution in [0.25, 0.3) is 0 Å². The maximum Gasteiger partial charge on any atom is 0.257 e. The molecule has 6 nitrogen and oxygen atoms in total. The predicted molar refractivity (Wildman–Crippen MR) is 104 cm³/mol. The molecular formula is C21H23N3O3. The molecule has 2 atom stereocenters. The number of anilines is 2. The quantitative estimate of drug-likeness (QED) is 0.871. The maximum absolute atomic E-state index is 13.2. The van der Waals surface area contributed by atoms with Crippen molar-refractivity contribution < 1.29 is 14.3 Å². The summed E-state index contributed by atoms with van der Waals surface area (Å²) in [6.45, 7) is 2.79. The Kier molecular flexibility index (Phi) is 4.81. The molecule has 2 aromatic rings. The summed E-state index contributed by atoms with van der Waals surface area (Å²) in [6, 6.07) is 15.2. The molecule has 1 saturated heterocycles. The normalized spacial score (nSPS) is 21.5. The molecule has 2 aromatic carbocycles. The number of fused-ring (bicyclic) bond motifs is 1. The van der Waals surface area contributed by atoms with Crippen LogP contribution >= 0.6 is 0 Å². The minimum absolute atomic E-state index is 0.00999. The van der Waals surface area contributed by atoms with Crippen molar-refractivity contribution in [2.24, 2.45) is 0 Å². The van der Waals surface area contributed by atoms with Crippen molar-refractivity contribution in [2.45, 2.75) is 32.0 Å². The Hall–Kier alpha value is -2.86. The summed E-state index contributed by atoms with van der Waals surface area (Å²) in [6.07, 6.45) is 1.80. The Morgan fingerprint density at radius 3 is 2.70 bits per heavy atom. The summed E-state index contributed by atoms with van der Waals surface area (Å²) in [4.78, 5) is 26.3. The van der Waals surface area contributed by atoms with Gasteiger partial charge in [0.1, 0.15) is 6.17 Å². The molecule has 6 heteroatoms. The van der Waals surface area contributed by atoms with Gasteiger partial charge in [-0.1, -0.05) is 24.3 Å². The van der Waals surface area contributed by atoms with E-state index < -0.39 is 0 Å². The van der Waals surface area contributed by atoms with Crippen LogP contribution < -0.4 is 10.6 Å². The van der Waals surface area contributed by atoms with E-state index in [0.717, 1.165) is 36.4 Å². The second-order valence-corrected chi connectivity index (χ2v) is 6.99. The van der Waals surface area contributed by atoms with E-state index in [-0.39, 0.29) is 24.1 Å². The highest BCUT2D eigenvalue weighted by atomic mass is 16.5. The van der Waals surface area contributed by atoms with Gasteiger partial charge < -0.3 is 20.3 Å². The van der Waals surface area contributed by atoms with Crippen LogP contribution in [0.3, 0.4) is 0 Å². The van der Waals surface area contributed by atoms with E-state index in [1.807, 2.05) is 53.4 Å². The molecule has 0 spiro atoms. The summed E-state index contributed by atoms with van der Waals surface area (Å²) in [5, 5.41) is 6.26. The van der Waals surface area contributed by atoms with Gasteiger partial charge in [0.2, 0.25) is 5.91 Å². The van der Waals surface area contributed by atoms with Gasteiger partial charge in [-0.25, -0.2) is 0 Å². The third-order valence-corrected chi connectivity index (χ3v) is 4.99. The van der Waals surface area contributed by atoms with Crippen LogP contribution in [0.4, 0.5) is 11.4 Å². The third-order valence-electron chi connectivity index (χ3n) is 4.99. The zero-order chi connectivity index (χ0) is 18.8. The van der Waals surface area contributed by atoms with Gasteiger partial charge >= 0.3 is 0 Å². The SMILES string of the molecule is CC(=O)Nc1ccc([C@H]2Nc3ccccc3C(=O)N2C[C@@H]2CCCO2)cc1. The van der Waals surface area contributed by atoms with E-state index in [4.69, 9.17) is 4.74 Å². The van der Waals surface area contributed by atoms with Crippen LogP contribution in [-0.2, 0) is 9.53 Å². The summed E-state index contributed by atoms with van der Waals surface area (Å²) in [5.74, 6) is -0.0987. The van der Waals surface area contributed by atoms with Gasteiger partial charge in [0.15, 0.2) is 0 Å². The Labute approximate surface area is 158 Å². The van der Waals surface area contributed by atoms with Crippen LogP contribution in [0.1, 0.15) is 41.9 Å². The number of amides is 2. The molecular weight excluding hydrogens is 342 g/mol. The summed E-state index contributed by atoms with van der Waals surface area (Å²) >= 11 is 0. The largest absolute Gasteiger partial charge is 0.376 e. The van der Waals surface area contributed by atoms with Gasteiger partial charge in [-0.15, -0.1) is 0 Å². The predicted octanol–water partition coefficient (Wildman–Crippen LogP) is 3.39. The molecule has 2 amide bonds. The van der Waals surface area contributed by atoms with Crippen molar-refractivity contribution in [2.75, 3.05) is 23.8 Å². The van der Waals surface area contributed by atoms with Crippen LogP contribution in [0.5, 0.6) is 0 Å². The summed E-state index contributed by atoms with van der Waals surface area (Å²) in [5.41, 5.74) is 3.22. The van der Waals surface area contributed by atoms with E-state index in [9.17, 15) is 9.59 Å². The van der Waals surface area contributed by atoms with Crippen molar-refractivity contribution in [3.05, 3.63) is 59.7 Å². The topological polar surface area (TPSA) is 70.7 Å². The van der Waals surface area contributed by atoms with Crippen molar-refractivity contribution in [1.82, 2.24) is 4.90 Å². The lowest BCUT2D eigenvalue weighted by atomic mass is 10.0. The molecule has 0 aromatic heterocycles. The number of benzene rings is 2. The Bertz CT molecular complexity index is 844. The zero-order valence-corrected chi connectivity index (χ0v) is 15.3. The van der Waals surface area contributed by atoms with Crippen molar-refractivity contribution in [1.29, 1.82) is 0 Å². The molecule has 27 heavy (non-hydrogen) atoms. The van der Waals surface area contributed by atoms with Crippen LogP contribution in [-0.4, -0.2) is 36.0 Å². The molecule has 4 rings (SSSR count). The van der Waals surface area contributed by atoms with Gasteiger partial charge in [-0.2, -0.15) is 0 Å². The van der Waals surface area contributed by atoms with Crippen LogP contribution in [0.2, 0.25) is 0 Å². The average molecular weight is 365 g/mol. The number of hydrogen-bond acceptors (Lipinski definition) is 4. The highest BCUT2D eigenvalue weighted by Crippen LogP contribution is 2.34. The lowest BCUT2D eigenvalue weighted by Crippen LogP contribution is -2.46. The Balaban J connectivity index is 1.65. The first-order valence-electron chi connectivity index (χ1n) is 9.27. The molecule has 0 saturated carbocycles. The minimum Gasteiger partial charge on any atom is -0.376 e. The number of para-hydroxylation sites is 1. The average Bonchev–Trinajstić information content (AvgIpc) is 3.17. The number of rotatable bonds is 4. The first-order chi connectivity index (χ1) is 13.1. The van der Waals surface area contributed by atoms with Gasteiger partial charge in [0.25, 0.3) is 5.91 Å². The van der Waals surface area contributed by atoms with E-state index >= 15 is 0 Å². The van der Waals surface area contributed by atoms with E-state index in [1.54, 1.807) is 0 Å². The van der Waals surface area contributed by atoms with Crippen LogP contribution in [0.15, 0.2) is 48.5 Å². The maximum atomic E-state index is 13.2. The van der Waals surface area contributed by atoms with Crippen molar-refractivity contribution in [3.63, 3.8) is 0 Å². The van der Waals surface area contributed by atoms with Gasteiger partial charge in [-0.3, -0.25) is 9.59 Å². The number of nitrogens with one attached hydrogen (secondary N) is 2. The summed E-state index contributed by atoms with van der Waals surface area (Å²) in [7, 11) is 0. The van der Waals surface area contributed by atoms with Gasteiger partial charge in [0.05, 0.1) is 11.7 Å². The standard InChI is InChI=1S/C21H23N3O3/c1-14(25)22-16-10-8-15(9-11-16)20-23-19-7-3-2-6-18(19)21(26)24(20)13-17-5-4-12-27-17/h2-3,6-11,17,20,23H,4-5,12-13H2,1H3,(H,22,25)/t17-,20-/m0/s1. The molecule has 0 unspecified atom stereocenters. The van der Waals surface area contributed by atoms with Crippen LogP contribution in [0, 0.1) is 0 Å². The molecule has 1 fully saturated rings. The number of nitrogens with zero attached hydrogens (tertiary/aromatic N) is 1. The lowest BCUT2D eigenvalue weighted by molar-refractivity contribution is -0.114. The molecule has 2 heterocycles. The molecule has 140 valence electrons. The fraction of sp³-hybridized carbons (Fsp3) is 0.333. The second-order valence-electron chi connectivity index (χ2n) is 6.99. The zero-order valence-electron chi connectivity index (χ0n) is 15.3. The van der Waals surface area contributed by atoms with Crippen molar-refractivity contribution in [3.8, 4) is 0 Å². The fourth-order valence-corrected chi connectivity index (χ4v) is 3.70. The molecule has 0 aliphatic carbocycles. The van der Waals surface area contributed by atoms with E-state index in [1.165, 1.54) is 6.92 Å². The molecule has 2 aliphatic heterocycles. The fourth-order valence-electron chi connectivity index (χ4n) is 3.70. The monoisotopic (exact) mass is 365 g/mol. The van der Waals surface area contributed by atoms with E-state index in [0.29, 0.717) is 12.1 Å². The molecule has 0 bridgehead atoms. The summed E-state index contributed by atoms with van der Waals surface area (Å²) < 4.78 is 5.77. The number of ether oxygens (including phenoxy) is 1. The van der Waals surface area contributed by atoms with Gasteiger partial charge in [0, 0.05) is 31.5 Å². The second kappa shape index (κ2) is 7.40. The molecule has 2 aliphatic rings. The Morgan fingerprint density at radius 1 is 1.22 bits per heavy atom. The number of hydrogen-bond donors (Lipinski definition) is 2. The number of carbonyl (C=O) groups is 2. The highest BCUT2D eigenvalue weighted by Gasteiger charge is 2.35. The Morgan fingerprint density at radius 2 is 2.00 bits per heavy atom. The highest BCUT2D eigenvalue weighted by molar-refractivity contribution is 6.01.